The maximum Gasteiger partial charge on any atom is 0.322 e. The Balaban J connectivity index is 2.31. The van der Waals surface area contributed by atoms with Gasteiger partial charge < -0.3 is 9.47 Å². The standard InChI is InChI=1S/C15H17ClO4/c1-2-20-14(18)15(10-19-7-6-13(15)17)9-11-4-3-5-12(16)8-11/h3-5,8H,2,6-7,9-10H2,1H3. The highest BCUT2D eigenvalue weighted by Gasteiger charge is 2.49. The zero-order valence-electron chi connectivity index (χ0n) is 11.4. The quantitative estimate of drug-likeness (QED) is 0.632. The van der Waals surface area contributed by atoms with Crippen molar-refractivity contribution in [2.75, 3.05) is 19.8 Å². The fourth-order valence-corrected chi connectivity index (χ4v) is 2.60. The van der Waals surface area contributed by atoms with Crippen molar-refractivity contribution in [2.45, 2.75) is 19.8 Å². The van der Waals surface area contributed by atoms with Gasteiger partial charge in [0.25, 0.3) is 0 Å². The highest BCUT2D eigenvalue weighted by atomic mass is 35.5. The summed E-state index contributed by atoms with van der Waals surface area (Å²) in [5.41, 5.74) is -0.414. The first kappa shape index (κ1) is 15.0. The molecule has 5 heteroatoms. The van der Waals surface area contributed by atoms with E-state index in [1.165, 1.54) is 0 Å². The first-order valence-electron chi connectivity index (χ1n) is 6.61. The molecule has 1 atom stereocenters. The van der Waals surface area contributed by atoms with E-state index in [1.807, 2.05) is 6.07 Å². The highest BCUT2D eigenvalue weighted by molar-refractivity contribution is 6.30. The minimum Gasteiger partial charge on any atom is -0.465 e. The summed E-state index contributed by atoms with van der Waals surface area (Å²) in [5.74, 6) is -0.633. The molecule has 20 heavy (non-hydrogen) atoms. The number of Topliss-reactive ketones (excluding diaryl/α,β-unsaturated/α-hetero) is 1. The Bertz CT molecular complexity index is 514. The van der Waals surface area contributed by atoms with Crippen LogP contribution in [0.15, 0.2) is 24.3 Å². The van der Waals surface area contributed by atoms with Gasteiger partial charge in [-0.25, -0.2) is 0 Å². The van der Waals surface area contributed by atoms with Crippen molar-refractivity contribution >= 4 is 23.4 Å². The van der Waals surface area contributed by atoms with Crippen LogP contribution in [-0.4, -0.2) is 31.6 Å². The minimum absolute atomic E-state index is 0.0666. The summed E-state index contributed by atoms with van der Waals surface area (Å²) in [4.78, 5) is 24.6. The van der Waals surface area contributed by atoms with Crippen LogP contribution in [-0.2, 0) is 25.5 Å². The predicted octanol–water partition coefficient (Wildman–Crippen LogP) is 2.42. The van der Waals surface area contributed by atoms with Crippen LogP contribution < -0.4 is 0 Å². The highest BCUT2D eigenvalue weighted by Crippen LogP contribution is 2.32. The summed E-state index contributed by atoms with van der Waals surface area (Å²) in [6.07, 6.45) is 0.491. The van der Waals surface area contributed by atoms with Gasteiger partial charge in [0.2, 0.25) is 0 Å². The summed E-state index contributed by atoms with van der Waals surface area (Å²) in [5, 5.41) is 0.575. The number of rotatable bonds is 4. The molecular weight excluding hydrogens is 280 g/mol. The van der Waals surface area contributed by atoms with Crippen molar-refractivity contribution in [3.63, 3.8) is 0 Å². The number of ketones is 1. The molecule has 4 nitrogen and oxygen atoms in total. The molecule has 0 bridgehead atoms. The maximum absolute atomic E-state index is 12.3. The fraction of sp³-hybridized carbons (Fsp3) is 0.467. The third kappa shape index (κ3) is 3.02. The van der Waals surface area contributed by atoms with Gasteiger partial charge in [-0.15, -0.1) is 0 Å². The second-order valence-corrected chi connectivity index (χ2v) is 5.27. The summed E-state index contributed by atoms with van der Waals surface area (Å²) in [6, 6.07) is 7.14. The zero-order chi connectivity index (χ0) is 14.6. The summed E-state index contributed by atoms with van der Waals surface area (Å²) in [6.45, 7) is 2.38. The molecular formula is C15H17ClO4. The zero-order valence-corrected chi connectivity index (χ0v) is 12.1. The van der Waals surface area contributed by atoms with Crippen molar-refractivity contribution in [1.29, 1.82) is 0 Å². The van der Waals surface area contributed by atoms with E-state index in [1.54, 1.807) is 25.1 Å². The van der Waals surface area contributed by atoms with Gasteiger partial charge in [-0.1, -0.05) is 23.7 Å². The monoisotopic (exact) mass is 296 g/mol. The Labute approximate surface area is 123 Å². The summed E-state index contributed by atoms with van der Waals surface area (Å²) in [7, 11) is 0. The lowest BCUT2D eigenvalue weighted by Gasteiger charge is -2.33. The van der Waals surface area contributed by atoms with Gasteiger partial charge in [-0.2, -0.15) is 0 Å². The molecule has 0 amide bonds. The molecule has 1 aliphatic rings. The molecule has 1 saturated heterocycles. The van der Waals surface area contributed by atoms with Crippen molar-refractivity contribution < 1.29 is 19.1 Å². The second kappa shape index (κ2) is 6.37. The summed E-state index contributed by atoms with van der Waals surface area (Å²) >= 11 is 5.95. The molecule has 0 aliphatic carbocycles. The van der Waals surface area contributed by atoms with E-state index < -0.39 is 11.4 Å². The van der Waals surface area contributed by atoms with Crippen molar-refractivity contribution in [3.8, 4) is 0 Å². The van der Waals surface area contributed by atoms with E-state index in [0.29, 0.717) is 11.6 Å². The lowest BCUT2D eigenvalue weighted by atomic mass is 9.76. The average molecular weight is 297 g/mol. The molecule has 1 aromatic carbocycles. The molecule has 0 N–H and O–H groups in total. The fourth-order valence-electron chi connectivity index (χ4n) is 2.39. The molecule has 1 fully saturated rings. The van der Waals surface area contributed by atoms with Crippen LogP contribution in [0.5, 0.6) is 0 Å². The maximum atomic E-state index is 12.3. The van der Waals surface area contributed by atoms with Gasteiger partial charge in [-0.3, -0.25) is 9.59 Å². The molecule has 0 aromatic heterocycles. The van der Waals surface area contributed by atoms with E-state index in [9.17, 15) is 9.59 Å². The summed E-state index contributed by atoms with van der Waals surface area (Å²) < 4.78 is 10.5. The topological polar surface area (TPSA) is 52.6 Å². The Morgan fingerprint density at radius 1 is 1.50 bits per heavy atom. The van der Waals surface area contributed by atoms with E-state index in [0.717, 1.165) is 5.56 Å². The Kier molecular flexibility index (Phi) is 4.78. The average Bonchev–Trinajstić information content (AvgIpc) is 2.42. The molecule has 0 spiro atoms. The van der Waals surface area contributed by atoms with Gasteiger partial charge in [0.1, 0.15) is 0 Å². The van der Waals surface area contributed by atoms with Crippen molar-refractivity contribution in [2.24, 2.45) is 5.41 Å². The molecule has 1 heterocycles. The van der Waals surface area contributed by atoms with Crippen LogP contribution in [0.2, 0.25) is 5.02 Å². The van der Waals surface area contributed by atoms with E-state index >= 15 is 0 Å². The second-order valence-electron chi connectivity index (χ2n) is 4.84. The molecule has 108 valence electrons. The molecule has 0 saturated carbocycles. The number of halogens is 1. The van der Waals surface area contributed by atoms with Crippen LogP contribution in [0, 0.1) is 5.41 Å². The van der Waals surface area contributed by atoms with Crippen LogP contribution in [0.4, 0.5) is 0 Å². The Hall–Kier alpha value is -1.39. The number of hydrogen-bond donors (Lipinski definition) is 0. The number of esters is 1. The number of carbonyl (C=O) groups excluding carboxylic acids is 2. The van der Waals surface area contributed by atoms with Gasteiger partial charge >= 0.3 is 5.97 Å². The predicted molar refractivity (Wildman–Crippen MR) is 74.7 cm³/mol. The van der Waals surface area contributed by atoms with Crippen LogP contribution >= 0.6 is 11.6 Å². The smallest absolute Gasteiger partial charge is 0.322 e. The largest absolute Gasteiger partial charge is 0.465 e. The number of hydrogen-bond acceptors (Lipinski definition) is 4. The molecule has 0 radical (unpaired) electrons. The normalized spacial score (nSPS) is 22.6. The third-order valence-corrected chi connectivity index (χ3v) is 3.65. The van der Waals surface area contributed by atoms with Gasteiger partial charge in [-0.05, 0) is 31.0 Å². The van der Waals surface area contributed by atoms with Crippen LogP contribution in [0.1, 0.15) is 18.9 Å². The minimum atomic E-state index is -1.24. The number of ether oxygens (including phenoxy) is 2. The van der Waals surface area contributed by atoms with Gasteiger partial charge in [0, 0.05) is 11.4 Å². The lowest BCUT2D eigenvalue weighted by Crippen LogP contribution is -2.49. The Morgan fingerprint density at radius 2 is 2.30 bits per heavy atom. The molecule has 1 unspecified atom stereocenters. The molecule has 1 aliphatic heterocycles. The van der Waals surface area contributed by atoms with Crippen LogP contribution in [0.3, 0.4) is 0 Å². The van der Waals surface area contributed by atoms with Crippen molar-refractivity contribution in [3.05, 3.63) is 34.9 Å². The SMILES string of the molecule is CCOC(=O)C1(Cc2cccc(Cl)c2)COCCC1=O. The van der Waals surface area contributed by atoms with E-state index in [4.69, 9.17) is 21.1 Å². The van der Waals surface area contributed by atoms with Crippen molar-refractivity contribution in [1.82, 2.24) is 0 Å². The first-order chi connectivity index (χ1) is 9.58. The van der Waals surface area contributed by atoms with E-state index in [-0.39, 0.29) is 31.8 Å². The van der Waals surface area contributed by atoms with Gasteiger partial charge in [0.15, 0.2) is 11.2 Å². The Morgan fingerprint density at radius 3 is 2.95 bits per heavy atom. The van der Waals surface area contributed by atoms with Crippen LogP contribution in [0.25, 0.3) is 0 Å². The number of benzene rings is 1. The molecule has 1 aromatic rings. The van der Waals surface area contributed by atoms with E-state index in [2.05, 4.69) is 0 Å². The van der Waals surface area contributed by atoms with Gasteiger partial charge in [0.05, 0.1) is 19.8 Å². The third-order valence-electron chi connectivity index (χ3n) is 3.42. The first-order valence-corrected chi connectivity index (χ1v) is 6.99. The molecule has 2 rings (SSSR count). The number of carbonyl (C=O) groups is 2. The lowest BCUT2D eigenvalue weighted by molar-refractivity contribution is -0.169.